The van der Waals surface area contributed by atoms with Crippen LogP contribution in [0, 0.1) is 6.92 Å². The van der Waals surface area contributed by atoms with Gasteiger partial charge in [-0.25, -0.2) is 9.97 Å². The van der Waals surface area contributed by atoms with Crippen LogP contribution in [-0.2, 0) is 10.5 Å². The lowest BCUT2D eigenvalue weighted by molar-refractivity contribution is 0.102. The molecule has 128 valence electrons. The first-order chi connectivity index (χ1) is 11.2. The second-order valence-electron chi connectivity index (χ2n) is 5.34. The van der Waals surface area contributed by atoms with Crippen molar-refractivity contribution in [3.05, 3.63) is 47.5 Å². The van der Waals surface area contributed by atoms with Gasteiger partial charge in [0.25, 0.3) is 5.91 Å². The Bertz CT molecular complexity index is 852. The Morgan fingerprint density at radius 3 is 2.38 bits per heavy atom. The number of nitrogens with zero attached hydrogens (tertiary/aromatic N) is 2. The molecule has 9 heteroatoms. The first kappa shape index (κ1) is 17.8. The van der Waals surface area contributed by atoms with Gasteiger partial charge in [0, 0.05) is 17.8 Å². The monoisotopic (exact) mass is 353 g/mol. The predicted octanol–water partition coefficient (Wildman–Crippen LogP) is 2.75. The van der Waals surface area contributed by atoms with Crippen LogP contribution in [0.3, 0.4) is 0 Å². The van der Waals surface area contributed by atoms with Crippen molar-refractivity contribution in [3.8, 4) is 5.75 Å². The Labute approximate surface area is 139 Å². The average molecular weight is 353 g/mol. The smallest absolute Gasteiger partial charge is 0.358 e. The Hall–Kier alpha value is -2.55. The molecule has 0 saturated heterocycles. The predicted molar refractivity (Wildman–Crippen MR) is 85.9 cm³/mol. The summed E-state index contributed by atoms with van der Waals surface area (Å²) in [5.41, 5.74) is 1.26. The number of benzene rings is 1. The standard InChI is InChI=1S/C15H16FN3O4S/c1-9(2)14-17-8-13(10(3)18-14)15(20)19-11-4-6-12(7-5-11)23-24(16,21)22/h4-9H,1-3H3,(H,19,20). The highest BCUT2D eigenvalue weighted by Gasteiger charge is 2.14. The fourth-order valence-electron chi connectivity index (χ4n) is 1.89. The topological polar surface area (TPSA) is 98.2 Å². The van der Waals surface area contributed by atoms with Gasteiger partial charge in [0.2, 0.25) is 0 Å². The van der Waals surface area contributed by atoms with Crippen LogP contribution in [0.15, 0.2) is 30.5 Å². The summed E-state index contributed by atoms with van der Waals surface area (Å²) in [6.45, 7) is 5.62. The van der Waals surface area contributed by atoms with Crippen molar-refractivity contribution in [2.24, 2.45) is 0 Å². The normalized spacial score (nSPS) is 11.4. The molecule has 0 spiro atoms. The molecule has 0 aliphatic carbocycles. The zero-order chi connectivity index (χ0) is 17.9. The van der Waals surface area contributed by atoms with E-state index in [1.54, 1.807) is 6.92 Å². The summed E-state index contributed by atoms with van der Waals surface area (Å²) in [5.74, 6) is 0.198. The van der Waals surface area contributed by atoms with Crippen molar-refractivity contribution in [2.75, 3.05) is 5.32 Å². The van der Waals surface area contributed by atoms with Crippen LogP contribution in [0.1, 0.15) is 41.6 Å². The van der Waals surface area contributed by atoms with Crippen LogP contribution in [0.25, 0.3) is 0 Å². The number of aromatic nitrogens is 2. The molecule has 1 amide bonds. The molecule has 1 N–H and O–H groups in total. The van der Waals surface area contributed by atoms with Crippen molar-refractivity contribution >= 4 is 22.1 Å². The molecule has 0 radical (unpaired) electrons. The summed E-state index contributed by atoms with van der Waals surface area (Å²) in [4.78, 5) is 20.7. The van der Waals surface area contributed by atoms with E-state index in [9.17, 15) is 17.1 Å². The highest BCUT2D eigenvalue weighted by molar-refractivity contribution is 7.81. The molecule has 0 saturated carbocycles. The highest BCUT2D eigenvalue weighted by Crippen LogP contribution is 2.19. The highest BCUT2D eigenvalue weighted by atomic mass is 32.3. The summed E-state index contributed by atoms with van der Waals surface area (Å²) >= 11 is 0. The minimum absolute atomic E-state index is 0.153. The van der Waals surface area contributed by atoms with Crippen molar-refractivity contribution in [1.82, 2.24) is 9.97 Å². The molecule has 0 aliphatic heterocycles. The fraction of sp³-hybridized carbons (Fsp3) is 0.267. The lowest BCUT2D eigenvalue weighted by Crippen LogP contribution is -2.15. The van der Waals surface area contributed by atoms with Crippen LogP contribution in [0.2, 0.25) is 0 Å². The molecule has 0 fully saturated rings. The van der Waals surface area contributed by atoms with Crippen molar-refractivity contribution in [3.63, 3.8) is 0 Å². The average Bonchev–Trinajstić information content (AvgIpc) is 2.47. The zero-order valence-electron chi connectivity index (χ0n) is 13.3. The van der Waals surface area contributed by atoms with Gasteiger partial charge in [-0.05, 0) is 31.2 Å². The number of amides is 1. The first-order valence-corrected chi connectivity index (χ1v) is 8.35. The molecule has 0 aliphatic rings. The summed E-state index contributed by atoms with van der Waals surface area (Å²) in [6.07, 6.45) is 1.46. The molecule has 2 rings (SSSR count). The van der Waals surface area contributed by atoms with E-state index >= 15 is 0 Å². The minimum Gasteiger partial charge on any atom is -0.358 e. The Kier molecular flexibility index (Phi) is 5.13. The van der Waals surface area contributed by atoms with Gasteiger partial charge in [-0.1, -0.05) is 17.7 Å². The van der Waals surface area contributed by atoms with Gasteiger partial charge in [-0.15, -0.1) is 0 Å². The number of rotatable bonds is 5. The Morgan fingerprint density at radius 2 is 1.88 bits per heavy atom. The number of carbonyl (C=O) groups is 1. The van der Waals surface area contributed by atoms with Gasteiger partial charge in [0.15, 0.2) is 0 Å². The molecular formula is C15H16FN3O4S. The second-order valence-corrected chi connectivity index (χ2v) is 6.29. The number of anilines is 1. The zero-order valence-corrected chi connectivity index (χ0v) is 14.1. The minimum atomic E-state index is -5.08. The van der Waals surface area contributed by atoms with E-state index in [0.717, 1.165) is 0 Å². The summed E-state index contributed by atoms with van der Waals surface area (Å²) < 4.78 is 37.3. The van der Waals surface area contributed by atoms with E-state index in [0.29, 0.717) is 22.8 Å². The fourth-order valence-corrected chi connectivity index (χ4v) is 2.23. The van der Waals surface area contributed by atoms with E-state index in [2.05, 4.69) is 19.5 Å². The summed E-state index contributed by atoms with van der Waals surface area (Å²) in [6, 6.07) is 5.21. The second kappa shape index (κ2) is 6.91. The molecule has 24 heavy (non-hydrogen) atoms. The van der Waals surface area contributed by atoms with E-state index in [4.69, 9.17) is 0 Å². The van der Waals surface area contributed by atoms with Crippen LogP contribution in [0.5, 0.6) is 5.75 Å². The number of nitrogens with one attached hydrogen (secondary N) is 1. The third-order valence-electron chi connectivity index (χ3n) is 3.07. The maximum atomic E-state index is 12.4. The summed E-state index contributed by atoms with van der Waals surface area (Å²) in [7, 11) is -5.08. The molecule has 0 unspecified atom stereocenters. The molecule has 7 nitrogen and oxygen atoms in total. The summed E-state index contributed by atoms with van der Waals surface area (Å²) in [5, 5.41) is 2.62. The van der Waals surface area contributed by atoms with Gasteiger partial charge in [0.05, 0.1) is 11.3 Å². The van der Waals surface area contributed by atoms with E-state index < -0.39 is 16.4 Å². The third kappa shape index (κ3) is 4.72. The van der Waals surface area contributed by atoms with E-state index in [1.165, 1.54) is 30.5 Å². The van der Waals surface area contributed by atoms with Crippen LogP contribution in [-0.4, -0.2) is 24.3 Å². The number of carbonyl (C=O) groups excluding carboxylic acids is 1. The van der Waals surface area contributed by atoms with Gasteiger partial charge in [-0.2, -0.15) is 8.42 Å². The van der Waals surface area contributed by atoms with Crippen LogP contribution < -0.4 is 9.50 Å². The molecule has 1 aromatic heterocycles. The SMILES string of the molecule is Cc1nc(C(C)C)ncc1C(=O)Nc1ccc(OS(=O)(=O)F)cc1. The van der Waals surface area contributed by atoms with Crippen molar-refractivity contribution in [1.29, 1.82) is 0 Å². The molecule has 2 aromatic rings. The third-order valence-corrected chi connectivity index (χ3v) is 3.46. The molecular weight excluding hydrogens is 337 g/mol. The number of aryl methyl sites for hydroxylation is 1. The van der Waals surface area contributed by atoms with Crippen LogP contribution >= 0.6 is 0 Å². The Balaban J connectivity index is 2.12. The molecule has 0 bridgehead atoms. The maximum absolute atomic E-state index is 12.4. The van der Waals surface area contributed by atoms with Crippen molar-refractivity contribution < 1.29 is 21.3 Å². The van der Waals surface area contributed by atoms with Gasteiger partial charge in [-0.3, -0.25) is 4.79 Å². The number of hydrogen-bond acceptors (Lipinski definition) is 6. The van der Waals surface area contributed by atoms with Gasteiger partial charge in [0.1, 0.15) is 11.6 Å². The quantitative estimate of drug-likeness (QED) is 0.830. The molecule has 1 heterocycles. The van der Waals surface area contributed by atoms with Crippen molar-refractivity contribution in [2.45, 2.75) is 26.7 Å². The maximum Gasteiger partial charge on any atom is 0.488 e. The van der Waals surface area contributed by atoms with Gasteiger partial charge >= 0.3 is 10.5 Å². The van der Waals surface area contributed by atoms with Gasteiger partial charge < -0.3 is 9.50 Å². The number of hydrogen-bond donors (Lipinski definition) is 1. The Morgan fingerprint density at radius 1 is 1.25 bits per heavy atom. The van der Waals surface area contributed by atoms with Crippen LogP contribution in [0.4, 0.5) is 9.57 Å². The number of halogens is 1. The molecule has 1 aromatic carbocycles. The van der Waals surface area contributed by atoms with E-state index in [-0.39, 0.29) is 11.7 Å². The molecule has 0 atom stereocenters. The first-order valence-electron chi connectivity index (χ1n) is 7.04. The largest absolute Gasteiger partial charge is 0.488 e. The lowest BCUT2D eigenvalue weighted by Gasteiger charge is -2.10. The van der Waals surface area contributed by atoms with E-state index in [1.807, 2.05) is 13.8 Å². The lowest BCUT2D eigenvalue weighted by atomic mass is 10.1.